The van der Waals surface area contributed by atoms with Gasteiger partial charge in [-0.2, -0.15) is 0 Å². The number of hydrogen-bond donors (Lipinski definition) is 1. The van der Waals surface area contributed by atoms with E-state index in [-0.39, 0.29) is 6.04 Å². The van der Waals surface area contributed by atoms with Crippen LogP contribution in [0.1, 0.15) is 32.3 Å². The Morgan fingerprint density at radius 2 is 1.78 bits per heavy atom. The third-order valence-corrected chi connectivity index (χ3v) is 2.79. The number of nitrogens with two attached hydrogens (primary N) is 1. The van der Waals surface area contributed by atoms with E-state index in [4.69, 9.17) is 15.2 Å². The monoisotopic (exact) mass is 251 g/mol. The average Bonchev–Trinajstić information content (AvgIpc) is 2.40. The summed E-state index contributed by atoms with van der Waals surface area (Å²) in [7, 11) is 0. The highest BCUT2D eigenvalue weighted by atomic mass is 16.5. The van der Waals surface area contributed by atoms with Crippen LogP contribution >= 0.6 is 0 Å². The van der Waals surface area contributed by atoms with Crippen molar-refractivity contribution in [1.29, 1.82) is 0 Å². The Morgan fingerprint density at radius 1 is 1.06 bits per heavy atom. The van der Waals surface area contributed by atoms with Gasteiger partial charge in [0, 0.05) is 12.6 Å². The molecule has 1 aromatic carbocycles. The van der Waals surface area contributed by atoms with Crippen LogP contribution in [0.4, 0.5) is 0 Å². The Balaban J connectivity index is 2.27. The summed E-state index contributed by atoms with van der Waals surface area (Å²) in [6, 6.07) is 8.41. The lowest BCUT2D eigenvalue weighted by molar-refractivity contribution is 0.101. The second-order valence-corrected chi connectivity index (χ2v) is 4.48. The van der Waals surface area contributed by atoms with E-state index < -0.39 is 0 Å². The van der Waals surface area contributed by atoms with Crippen LogP contribution in [0.15, 0.2) is 24.3 Å². The Labute approximate surface area is 110 Å². The topological polar surface area (TPSA) is 44.5 Å². The lowest BCUT2D eigenvalue weighted by Crippen LogP contribution is -2.21. The van der Waals surface area contributed by atoms with Crippen LogP contribution in [0.3, 0.4) is 0 Å². The zero-order chi connectivity index (χ0) is 13.2. The van der Waals surface area contributed by atoms with E-state index in [2.05, 4.69) is 26.0 Å². The maximum absolute atomic E-state index is 5.92. The first-order valence-corrected chi connectivity index (χ1v) is 6.81. The maximum atomic E-state index is 5.92. The summed E-state index contributed by atoms with van der Waals surface area (Å²) in [6.45, 7) is 6.26. The van der Waals surface area contributed by atoms with Gasteiger partial charge in [0.1, 0.15) is 12.4 Å². The fourth-order valence-electron chi connectivity index (χ4n) is 1.63. The normalized spacial score (nSPS) is 12.4. The molecular formula is C15H25NO2. The Bertz CT molecular complexity index is 311. The second-order valence-electron chi connectivity index (χ2n) is 4.48. The summed E-state index contributed by atoms with van der Waals surface area (Å²) in [5.41, 5.74) is 7.18. The van der Waals surface area contributed by atoms with Gasteiger partial charge in [0.25, 0.3) is 0 Å². The molecule has 1 atom stereocenters. The van der Waals surface area contributed by atoms with Crippen molar-refractivity contribution in [2.24, 2.45) is 5.73 Å². The van der Waals surface area contributed by atoms with Crippen LogP contribution in [0.2, 0.25) is 0 Å². The molecule has 3 nitrogen and oxygen atoms in total. The van der Waals surface area contributed by atoms with Gasteiger partial charge in [0.05, 0.1) is 6.61 Å². The highest BCUT2D eigenvalue weighted by molar-refractivity contribution is 5.27. The third kappa shape index (κ3) is 6.03. The molecule has 0 spiro atoms. The molecule has 0 bridgehead atoms. The Hall–Kier alpha value is -1.06. The summed E-state index contributed by atoms with van der Waals surface area (Å²) in [5, 5.41) is 0. The molecule has 0 radical (unpaired) electrons. The first-order valence-electron chi connectivity index (χ1n) is 6.81. The van der Waals surface area contributed by atoms with E-state index in [0.29, 0.717) is 13.2 Å². The van der Waals surface area contributed by atoms with Gasteiger partial charge in [0.2, 0.25) is 0 Å². The predicted octanol–water partition coefficient (Wildman–Crippen LogP) is 2.77. The van der Waals surface area contributed by atoms with E-state index >= 15 is 0 Å². The van der Waals surface area contributed by atoms with Crippen molar-refractivity contribution in [2.45, 2.75) is 39.2 Å². The molecule has 0 heterocycles. The van der Waals surface area contributed by atoms with Gasteiger partial charge in [0.15, 0.2) is 0 Å². The number of ether oxygens (including phenoxy) is 2. The molecule has 0 saturated heterocycles. The molecular weight excluding hydrogens is 226 g/mol. The zero-order valence-electron chi connectivity index (χ0n) is 11.5. The molecule has 1 aromatic rings. The van der Waals surface area contributed by atoms with Crippen molar-refractivity contribution >= 4 is 0 Å². The predicted molar refractivity (Wildman–Crippen MR) is 75.0 cm³/mol. The third-order valence-electron chi connectivity index (χ3n) is 2.79. The zero-order valence-corrected chi connectivity index (χ0v) is 11.5. The van der Waals surface area contributed by atoms with Crippen LogP contribution in [0.25, 0.3) is 0 Å². The summed E-state index contributed by atoms with van der Waals surface area (Å²) in [6.07, 6.45) is 2.98. The molecule has 0 aliphatic carbocycles. The van der Waals surface area contributed by atoms with Crippen molar-refractivity contribution in [3.8, 4) is 5.75 Å². The van der Waals surface area contributed by atoms with Crippen molar-refractivity contribution in [1.82, 2.24) is 0 Å². The van der Waals surface area contributed by atoms with Crippen LogP contribution in [-0.2, 0) is 11.2 Å². The van der Waals surface area contributed by atoms with Crippen LogP contribution < -0.4 is 10.5 Å². The van der Waals surface area contributed by atoms with Gasteiger partial charge in [-0.05, 0) is 37.0 Å². The van der Waals surface area contributed by atoms with Gasteiger partial charge >= 0.3 is 0 Å². The second kappa shape index (κ2) is 8.95. The van der Waals surface area contributed by atoms with Crippen molar-refractivity contribution in [2.75, 3.05) is 19.8 Å². The summed E-state index contributed by atoms with van der Waals surface area (Å²) < 4.78 is 10.9. The van der Waals surface area contributed by atoms with Gasteiger partial charge < -0.3 is 15.2 Å². The van der Waals surface area contributed by atoms with Crippen LogP contribution in [-0.4, -0.2) is 25.9 Å². The lowest BCUT2D eigenvalue weighted by Gasteiger charge is -2.10. The van der Waals surface area contributed by atoms with Gasteiger partial charge in [-0.3, -0.25) is 0 Å². The van der Waals surface area contributed by atoms with E-state index in [1.807, 2.05) is 12.1 Å². The fourth-order valence-corrected chi connectivity index (χ4v) is 1.63. The van der Waals surface area contributed by atoms with E-state index in [9.17, 15) is 0 Å². The summed E-state index contributed by atoms with van der Waals surface area (Å²) >= 11 is 0. The maximum Gasteiger partial charge on any atom is 0.119 e. The van der Waals surface area contributed by atoms with Gasteiger partial charge in [-0.25, -0.2) is 0 Å². The molecule has 1 unspecified atom stereocenters. The lowest BCUT2D eigenvalue weighted by atomic mass is 10.0. The minimum atomic E-state index is 0.249. The molecule has 0 amide bonds. The summed E-state index contributed by atoms with van der Waals surface area (Å²) in [5.74, 6) is 0.893. The molecule has 0 aliphatic rings. The first kappa shape index (κ1) is 15.0. The standard InChI is InChI=1S/C15H25NO2/c1-3-9-17-10-11-18-15-7-5-13(6-8-15)12-14(16)4-2/h5-8,14H,3-4,9-12,16H2,1-2H3. The molecule has 0 aliphatic heterocycles. The van der Waals surface area contributed by atoms with Crippen LogP contribution in [0, 0.1) is 0 Å². The van der Waals surface area contributed by atoms with Gasteiger partial charge in [-0.15, -0.1) is 0 Å². The molecule has 102 valence electrons. The van der Waals surface area contributed by atoms with E-state index in [1.54, 1.807) is 0 Å². The van der Waals surface area contributed by atoms with Crippen molar-refractivity contribution in [3.63, 3.8) is 0 Å². The largest absolute Gasteiger partial charge is 0.491 e. The van der Waals surface area contributed by atoms with E-state index in [0.717, 1.165) is 31.6 Å². The number of hydrogen-bond acceptors (Lipinski definition) is 3. The smallest absolute Gasteiger partial charge is 0.119 e. The fraction of sp³-hybridized carbons (Fsp3) is 0.600. The van der Waals surface area contributed by atoms with Crippen molar-refractivity contribution in [3.05, 3.63) is 29.8 Å². The minimum absolute atomic E-state index is 0.249. The Morgan fingerprint density at radius 3 is 2.39 bits per heavy atom. The molecule has 1 rings (SSSR count). The van der Waals surface area contributed by atoms with Gasteiger partial charge in [-0.1, -0.05) is 26.0 Å². The molecule has 0 aromatic heterocycles. The quantitative estimate of drug-likeness (QED) is 0.686. The molecule has 0 fully saturated rings. The Kier molecular flexibility index (Phi) is 7.46. The van der Waals surface area contributed by atoms with Crippen molar-refractivity contribution < 1.29 is 9.47 Å². The first-order chi connectivity index (χ1) is 8.76. The number of rotatable bonds is 9. The molecule has 0 saturated carbocycles. The highest BCUT2D eigenvalue weighted by Gasteiger charge is 2.01. The molecule has 3 heteroatoms. The average molecular weight is 251 g/mol. The molecule has 2 N–H and O–H groups in total. The number of benzene rings is 1. The summed E-state index contributed by atoms with van der Waals surface area (Å²) in [4.78, 5) is 0. The minimum Gasteiger partial charge on any atom is -0.491 e. The molecule has 18 heavy (non-hydrogen) atoms. The van der Waals surface area contributed by atoms with Crippen LogP contribution in [0.5, 0.6) is 5.75 Å². The SMILES string of the molecule is CCCOCCOc1ccc(CC(N)CC)cc1. The van der Waals surface area contributed by atoms with E-state index in [1.165, 1.54) is 5.56 Å². The highest BCUT2D eigenvalue weighted by Crippen LogP contribution is 2.13.